The Hall–Kier alpha value is -1.06. The second-order valence-electron chi connectivity index (χ2n) is 6.31. The Kier molecular flexibility index (Phi) is 4.71. The molecule has 2 fully saturated rings. The number of carbonyl (C=O) groups excluding carboxylic acids is 2. The summed E-state index contributed by atoms with van der Waals surface area (Å²) < 4.78 is 0. The lowest BCUT2D eigenvalue weighted by Gasteiger charge is -2.43. The lowest BCUT2D eigenvalue weighted by Crippen LogP contribution is -2.65. The number of rotatable bonds is 4. The van der Waals surface area contributed by atoms with Crippen LogP contribution in [0.1, 0.15) is 59.8 Å². The van der Waals surface area contributed by atoms with Crippen molar-refractivity contribution in [2.75, 3.05) is 0 Å². The van der Waals surface area contributed by atoms with Crippen LogP contribution in [0.15, 0.2) is 0 Å². The minimum absolute atomic E-state index is 0.0334. The van der Waals surface area contributed by atoms with Crippen LogP contribution in [0.4, 0.5) is 0 Å². The normalized spacial score (nSPS) is 38.2. The maximum absolute atomic E-state index is 12.7. The Morgan fingerprint density at radius 2 is 1.80 bits per heavy atom. The highest BCUT2D eigenvalue weighted by Crippen LogP contribution is 2.39. The van der Waals surface area contributed by atoms with E-state index in [-0.39, 0.29) is 29.9 Å². The van der Waals surface area contributed by atoms with Crippen molar-refractivity contribution >= 4 is 11.8 Å². The third-order valence-electron chi connectivity index (χ3n) is 5.37. The third-order valence-corrected chi connectivity index (χ3v) is 5.37. The molecule has 0 aromatic carbocycles. The van der Waals surface area contributed by atoms with E-state index < -0.39 is 0 Å². The average Bonchev–Trinajstić information content (AvgIpc) is 2.81. The quantitative estimate of drug-likeness (QED) is 0.859. The Balaban J connectivity index is 2.25. The van der Waals surface area contributed by atoms with Gasteiger partial charge < -0.3 is 10.2 Å². The maximum Gasteiger partial charge on any atom is 0.246 e. The molecule has 114 valence electrons. The number of carbonyl (C=O) groups is 2. The van der Waals surface area contributed by atoms with Crippen LogP contribution in [0.2, 0.25) is 0 Å². The molecule has 0 aromatic rings. The minimum Gasteiger partial charge on any atom is -0.343 e. The molecule has 2 rings (SSSR count). The molecular weight excluding hydrogens is 252 g/mol. The van der Waals surface area contributed by atoms with E-state index in [1.54, 1.807) is 0 Å². The van der Waals surface area contributed by atoms with E-state index in [9.17, 15) is 9.59 Å². The van der Waals surface area contributed by atoms with E-state index in [1.165, 1.54) is 12.8 Å². The van der Waals surface area contributed by atoms with Crippen molar-refractivity contribution in [3.8, 4) is 0 Å². The van der Waals surface area contributed by atoms with Crippen LogP contribution in [0.25, 0.3) is 0 Å². The molecule has 1 aliphatic carbocycles. The zero-order valence-electron chi connectivity index (χ0n) is 13.2. The predicted molar refractivity (Wildman–Crippen MR) is 79.1 cm³/mol. The van der Waals surface area contributed by atoms with Crippen molar-refractivity contribution in [3.05, 3.63) is 0 Å². The number of amides is 2. The van der Waals surface area contributed by atoms with Crippen LogP contribution in [0.5, 0.6) is 0 Å². The van der Waals surface area contributed by atoms with Crippen LogP contribution < -0.4 is 5.32 Å². The van der Waals surface area contributed by atoms with Gasteiger partial charge in [-0.25, -0.2) is 0 Å². The van der Waals surface area contributed by atoms with Gasteiger partial charge in [-0.1, -0.05) is 34.1 Å². The number of piperazine rings is 1. The van der Waals surface area contributed by atoms with Crippen molar-refractivity contribution in [1.82, 2.24) is 10.2 Å². The molecule has 0 spiro atoms. The summed E-state index contributed by atoms with van der Waals surface area (Å²) in [6, 6.07) is -0.343. The maximum atomic E-state index is 12.7. The summed E-state index contributed by atoms with van der Waals surface area (Å²) in [6.07, 6.45) is 4.77. The molecule has 1 aliphatic heterocycles. The van der Waals surface area contributed by atoms with Gasteiger partial charge in [-0.15, -0.1) is 0 Å². The fourth-order valence-electron chi connectivity index (χ4n) is 4.04. The molecule has 20 heavy (non-hydrogen) atoms. The van der Waals surface area contributed by atoms with E-state index in [0.717, 1.165) is 6.42 Å². The lowest BCUT2D eigenvalue weighted by molar-refractivity contribution is -0.153. The van der Waals surface area contributed by atoms with Gasteiger partial charge in [-0.3, -0.25) is 9.59 Å². The van der Waals surface area contributed by atoms with Crippen LogP contribution in [0.3, 0.4) is 0 Å². The van der Waals surface area contributed by atoms with Gasteiger partial charge in [0.05, 0.1) is 0 Å². The first-order valence-corrected chi connectivity index (χ1v) is 8.17. The van der Waals surface area contributed by atoms with Crippen molar-refractivity contribution in [2.24, 2.45) is 11.8 Å². The zero-order chi connectivity index (χ0) is 14.9. The highest BCUT2D eigenvalue weighted by molar-refractivity contribution is 5.97. The van der Waals surface area contributed by atoms with Gasteiger partial charge in [-0.05, 0) is 37.5 Å². The molecule has 5 unspecified atom stereocenters. The van der Waals surface area contributed by atoms with Crippen molar-refractivity contribution in [3.63, 3.8) is 0 Å². The smallest absolute Gasteiger partial charge is 0.246 e. The summed E-state index contributed by atoms with van der Waals surface area (Å²) in [6.45, 7) is 8.42. The Morgan fingerprint density at radius 3 is 2.30 bits per heavy atom. The summed E-state index contributed by atoms with van der Waals surface area (Å²) >= 11 is 0. The summed E-state index contributed by atoms with van der Waals surface area (Å²) in [5.41, 5.74) is 0. The first kappa shape index (κ1) is 15.3. The molecular formula is C16H28N2O2. The standard InChI is InChI=1S/C16H28N2O2/c1-5-11-8-9-14(10(11)4)18-13(7-3)15(19)17-12(6-2)16(18)20/h10-14H,5-9H2,1-4H3,(H,17,19). The molecule has 4 heteroatoms. The lowest BCUT2D eigenvalue weighted by atomic mass is 9.90. The van der Waals surface area contributed by atoms with E-state index in [2.05, 4.69) is 19.2 Å². The number of nitrogens with one attached hydrogen (secondary N) is 1. The van der Waals surface area contributed by atoms with Gasteiger partial charge in [0.15, 0.2) is 0 Å². The van der Waals surface area contributed by atoms with Gasteiger partial charge in [0.25, 0.3) is 0 Å². The second-order valence-corrected chi connectivity index (χ2v) is 6.31. The first-order valence-electron chi connectivity index (χ1n) is 8.17. The van der Waals surface area contributed by atoms with Gasteiger partial charge >= 0.3 is 0 Å². The topological polar surface area (TPSA) is 49.4 Å². The summed E-state index contributed by atoms with van der Waals surface area (Å²) in [7, 11) is 0. The van der Waals surface area contributed by atoms with E-state index in [4.69, 9.17) is 0 Å². The van der Waals surface area contributed by atoms with Crippen molar-refractivity contribution < 1.29 is 9.59 Å². The highest BCUT2D eigenvalue weighted by Gasteiger charge is 2.46. The number of hydrogen-bond donors (Lipinski definition) is 1. The van der Waals surface area contributed by atoms with Gasteiger partial charge in [-0.2, -0.15) is 0 Å². The van der Waals surface area contributed by atoms with Crippen LogP contribution in [0, 0.1) is 11.8 Å². The van der Waals surface area contributed by atoms with Crippen LogP contribution in [-0.2, 0) is 9.59 Å². The summed E-state index contributed by atoms with van der Waals surface area (Å²) in [4.78, 5) is 26.9. The van der Waals surface area contributed by atoms with Gasteiger partial charge in [0, 0.05) is 6.04 Å². The number of hydrogen-bond acceptors (Lipinski definition) is 2. The molecule has 0 aromatic heterocycles. The third kappa shape index (κ3) is 2.45. The molecule has 0 radical (unpaired) electrons. The largest absolute Gasteiger partial charge is 0.343 e. The Labute approximate surface area is 122 Å². The zero-order valence-corrected chi connectivity index (χ0v) is 13.2. The molecule has 1 N–H and O–H groups in total. The van der Waals surface area contributed by atoms with Gasteiger partial charge in [0.1, 0.15) is 12.1 Å². The van der Waals surface area contributed by atoms with Crippen molar-refractivity contribution in [2.45, 2.75) is 77.9 Å². The molecule has 1 heterocycles. The SMILES string of the molecule is CCC1NC(=O)C(CC)N(C2CCC(CC)C2C)C1=O. The van der Waals surface area contributed by atoms with E-state index >= 15 is 0 Å². The molecule has 1 saturated carbocycles. The minimum atomic E-state index is -0.321. The highest BCUT2D eigenvalue weighted by atomic mass is 16.2. The van der Waals surface area contributed by atoms with Gasteiger partial charge in [0.2, 0.25) is 11.8 Å². The Bertz CT molecular complexity index is 383. The van der Waals surface area contributed by atoms with Crippen LogP contribution >= 0.6 is 0 Å². The monoisotopic (exact) mass is 280 g/mol. The molecule has 2 aliphatic rings. The molecule has 0 bridgehead atoms. The fourth-order valence-corrected chi connectivity index (χ4v) is 4.04. The second kappa shape index (κ2) is 6.15. The van der Waals surface area contributed by atoms with E-state index in [0.29, 0.717) is 24.7 Å². The molecule has 1 saturated heterocycles. The number of nitrogens with zero attached hydrogens (tertiary/aromatic N) is 1. The summed E-state index contributed by atoms with van der Waals surface area (Å²) in [5, 5.41) is 2.88. The molecule has 5 atom stereocenters. The first-order chi connectivity index (χ1) is 9.54. The summed E-state index contributed by atoms with van der Waals surface area (Å²) in [5.74, 6) is 1.36. The van der Waals surface area contributed by atoms with E-state index in [1.807, 2.05) is 18.7 Å². The molecule has 2 amide bonds. The Morgan fingerprint density at radius 1 is 1.10 bits per heavy atom. The van der Waals surface area contributed by atoms with Crippen LogP contribution in [-0.4, -0.2) is 34.8 Å². The average molecular weight is 280 g/mol. The fraction of sp³-hybridized carbons (Fsp3) is 0.875. The van der Waals surface area contributed by atoms with Crippen molar-refractivity contribution in [1.29, 1.82) is 0 Å². The molecule has 4 nitrogen and oxygen atoms in total. The predicted octanol–water partition coefficient (Wildman–Crippen LogP) is 2.33.